The Kier molecular flexibility index (Phi) is 5.33. The first-order valence-corrected chi connectivity index (χ1v) is 9.13. The highest BCUT2D eigenvalue weighted by Gasteiger charge is 2.23. The lowest BCUT2D eigenvalue weighted by atomic mass is 10.2. The lowest BCUT2D eigenvalue weighted by molar-refractivity contribution is -0.132. The van der Waals surface area contributed by atoms with Crippen LogP contribution in [-0.2, 0) is 4.79 Å². The lowest BCUT2D eigenvalue weighted by Gasteiger charge is -2.36. The summed E-state index contributed by atoms with van der Waals surface area (Å²) >= 11 is 5.95. The summed E-state index contributed by atoms with van der Waals surface area (Å²) in [6.45, 7) is 9.28. The third-order valence-electron chi connectivity index (χ3n) is 4.76. The maximum Gasteiger partial charge on any atom is 0.224 e. The zero-order valence-electron chi connectivity index (χ0n) is 15.1. The first-order valence-electron chi connectivity index (χ1n) is 8.75. The van der Waals surface area contributed by atoms with Crippen molar-refractivity contribution in [2.75, 3.05) is 31.1 Å². The van der Waals surface area contributed by atoms with Crippen molar-refractivity contribution < 1.29 is 4.79 Å². The van der Waals surface area contributed by atoms with E-state index in [2.05, 4.69) is 16.9 Å². The normalized spacial score (nSPS) is 16.2. The van der Waals surface area contributed by atoms with Crippen LogP contribution in [0, 0.1) is 13.8 Å². The van der Waals surface area contributed by atoms with E-state index >= 15 is 0 Å². The fourth-order valence-corrected chi connectivity index (χ4v) is 3.55. The standard InChI is InChI=1S/C19H25ClN4O/c1-14-12-15(2)24(21-14)16(3)13-19(25)23-10-8-22(9-11-23)18-6-4-17(20)5-7-18/h4-7,12,16H,8-11,13H2,1-3H3. The van der Waals surface area contributed by atoms with Crippen LogP contribution >= 0.6 is 11.6 Å². The summed E-state index contributed by atoms with van der Waals surface area (Å²) in [5.41, 5.74) is 3.26. The predicted octanol–water partition coefficient (Wildman–Crippen LogP) is 3.45. The number of nitrogens with zero attached hydrogens (tertiary/aromatic N) is 4. The minimum absolute atomic E-state index is 0.0792. The fourth-order valence-electron chi connectivity index (χ4n) is 3.43. The van der Waals surface area contributed by atoms with Gasteiger partial charge in [-0.3, -0.25) is 9.48 Å². The number of piperazine rings is 1. The summed E-state index contributed by atoms with van der Waals surface area (Å²) in [7, 11) is 0. The molecule has 1 aliphatic heterocycles. The maximum atomic E-state index is 12.6. The van der Waals surface area contributed by atoms with E-state index in [1.54, 1.807) is 0 Å². The Morgan fingerprint density at radius 2 is 1.80 bits per heavy atom. The predicted molar refractivity (Wildman–Crippen MR) is 101 cm³/mol. The minimum Gasteiger partial charge on any atom is -0.368 e. The van der Waals surface area contributed by atoms with E-state index in [4.69, 9.17) is 11.6 Å². The summed E-state index contributed by atoms with van der Waals surface area (Å²) in [4.78, 5) is 16.9. The molecular formula is C19H25ClN4O. The Labute approximate surface area is 154 Å². The first kappa shape index (κ1) is 17.8. The molecule has 2 aromatic rings. The molecule has 0 N–H and O–H groups in total. The van der Waals surface area contributed by atoms with E-state index < -0.39 is 0 Å². The van der Waals surface area contributed by atoms with Gasteiger partial charge in [0.1, 0.15) is 0 Å². The van der Waals surface area contributed by atoms with Crippen LogP contribution < -0.4 is 4.90 Å². The SMILES string of the molecule is Cc1cc(C)n(C(C)CC(=O)N2CCN(c3ccc(Cl)cc3)CC2)n1. The zero-order chi connectivity index (χ0) is 18.0. The molecule has 1 atom stereocenters. The summed E-state index contributed by atoms with van der Waals surface area (Å²) in [6, 6.07) is 10.0. The molecule has 0 saturated carbocycles. The summed E-state index contributed by atoms with van der Waals surface area (Å²) < 4.78 is 1.96. The highest BCUT2D eigenvalue weighted by molar-refractivity contribution is 6.30. The molecule has 134 valence electrons. The third kappa shape index (κ3) is 4.15. The molecule has 1 amide bonds. The van der Waals surface area contributed by atoms with E-state index in [0.717, 1.165) is 48.3 Å². The van der Waals surface area contributed by atoms with Gasteiger partial charge in [0.2, 0.25) is 5.91 Å². The number of anilines is 1. The molecule has 1 saturated heterocycles. The van der Waals surface area contributed by atoms with Gasteiger partial charge in [-0.05, 0) is 51.1 Å². The van der Waals surface area contributed by atoms with Crippen LogP contribution in [0.3, 0.4) is 0 Å². The summed E-state index contributed by atoms with van der Waals surface area (Å²) in [6.07, 6.45) is 0.489. The molecule has 0 bridgehead atoms. The number of halogens is 1. The molecule has 1 fully saturated rings. The topological polar surface area (TPSA) is 41.4 Å². The molecule has 1 unspecified atom stereocenters. The van der Waals surface area contributed by atoms with Crippen molar-refractivity contribution in [2.45, 2.75) is 33.2 Å². The van der Waals surface area contributed by atoms with Gasteiger partial charge in [0.05, 0.1) is 11.7 Å². The molecule has 1 aromatic carbocycles. The minimum atomic E-state index is 0.0792. The number of rotatable bonds is 4. The van der Waals surface area contributed by atoms with Gasteiger partial charge in [0.25, 0.3) is 0 Å². The maximum absolute atomic E-state index is 12.6. The quantitative estimate of drug-likeness (QED) is 0.838. The van der Waals surface area contributed by atoms with Crippen LogP contribution in [0.4, 0.5) is 5.69 Å². The first-order chi connectivity index (χ1) is 11.9. The van der Waals surface area contributed by atoms with Crippen molar-refractivity contribution in [3.63, 3.8) is 0 Å². The molecule has 0 radical (unpaired) electrons. The Balaban J connectivity index is 1.54. The summed E-state index contributed by atoms with van der Waals surface area (Å²) in [5.74, 6) is 0.204. The van der Waals surface area contributed by atoms with Crippen LogP contribution in [-0.4, -0.2) is 46.8 Å². The number of aryl methyl sites for hydroxylation is 2. The molecule has 3 rings (SSSR count). The number of carbonyl (C=O) groups excluding carboxylic acids is 1. The van der Waals surface area contributed by atoms with Gasteiger partial charge in [0.15, 0.2) is 0 Å². The second kappa shape index (κ2) is 7.48. The second-order valence-electron chi connectivity index (χ2n) is 6.77. The van der Waals surface area contributed by atoms with E-state index in [1.165, 1.54) is 0 Å². The molecule has 5 nitrogen and oxygen atoms in total. The van der Waals surface area contributed by atoms with Crippen molar-refractivity contribution in [1.82, 2.24) is 14.7 Å². The van der Waals surface area contributed by atoms with Crippen molar-refractivity contribution in [3.05, 3.63) is 46.7 Å². The van der Waals surface area contributed by atoms with E-state index in [9.17, 15) is 4.79 Å². The van der Waals surface area contributed by atoms with Gasteiger partial charge in [-0.1, -0.05) is 11.6 Å². The average molecular weight is 361 g/mol. The Hall–Kier alpha value is -2.01. The van der Waals surface area contributed by atoms with Crippen molar-refractivity contribution in [2.24, 2.45) is 0 Å². The van der Waals surface area contributed by atoms with Crippen LogP contribution in [0.5, 0.6) is 0 Å². The van der Waals surface area contributed by atoms with Crippen LogP contribution in [0.2, 0.25) is 5.02 Å². The van der Waals surface area contributed by atoms with Crippen LogP contribution in [0.1, 0.15) is 30.8 Å². The summed E-state index contributed by atoms with van der Waals surface area (Å²) in [5, 5.41) is 5.24. The van der Waals surface area contributed by atoms with Gasteiger partial charge >= 0.3 is 0 Å². The van der Waals surface area contributed by atoms with E-state index in [1.807, 2.05) is 53.8 Å². The van der Waals surface area contributed by atoms with E-state index in [0.29, 0.717) is 6.42 Å². The van der Waals surface area contributed by atoms with Gasteiger partial charge in [0, 0.05) is 49.0 Å². The third-order valence-corrected chi connectivity index (χ3v) is 5.01. The van der Waals surface area contributed by atoms with Gasteiger partial charge in [-0.15, -0.1) is 0 Å². The average Bonchev–Trinajstić information content (AvgIpc) is 2.94. The lowest BCUT2D eigenvalue weighted by Crippen LogP contribution is -2.49. The number of hydrogen-bond acceptors (Lipinski definition) is 3. The second-order valence-corrected chi connectivity index (χ2v) is 7.21. The molecule has 6 heteroatoms. The van der Waals surface area contributed by atoms with Gasteiger partial charge in [-0.2, -0.15) is 5.10 Å². The molecule has 2 heterocycles. The highest BCUT2D eigenvalue weighted by Crippen LogP contribution is 2.21. The largest absolute Gasteiger partial charge is 0.368 e. The van der Waals surface area contributed by atoms with Crippen molar-refractivity contribution in [1.29, 1.82) is 0 Å². The number of aromatic nitrogens is 2. The molecule has 1 aliphatic rings. The van der Waals surface area contributed by atoms with Crippen molar-refractivity contribution in [3.8, 4) is 0 Å². The zero-order valence-corrected chi connectivity index (χ0v) is 15.8. The highest BCUT2D eigenvalue weighted by atomic mass is 35.5. The number of benzene rings is 1. The number of carbonyl (C=O) groups is 1. The molecule has 0 spiro atoms. The monoisotopic (exact) mass is 360 g/mol. The smallest absolute Gasteiger partial charge is 0.224 e. The van der Waals surface area contributed by atoms with Gasteiger partial charge in [-0.25, -0.2) is 0 Å². The Morgan fingerprint density at radius 3 is 2.36 bits per heavy atom. The van der Waals surface area contributed by atoms with Crippen molar-refractivity contribution >= 4 is 23.2 Å². The molecule has 1 aromatic heterocycles. The number of hydrogen-bond donors (Lipinski definition) is 0. The molecule has 25 heavy (non-hydrogen) atoms. The van der Waals surface area contributed by atoms with Gasteiger partial charge < -0.3 is 9.80 Å². The Bertz CT molecular complexity index is 732. The Morgan fingerprint density at radius 1 is 1.16 bits per heavy atom. The molecule has 0 aliphatic carbocycles. The molecular weight excluding hydrogens is 336 g/mol. The van der Waals surface area contributed by atoms with Crippen LogP contribution in [0.15, 0.2) is 30.3 Å². The van der Waals surface area contributed by atoms with Crippen LogP contribution in [0.25, 0.3) is 0 Å². The fraction of sp³-hybridized carbons (Fsp3) is 0.474. The van der Waals surface area contributed by atoms with E-state index in [-0.39, 0.29) is 11.9 Å². The number of amides is 1.